The molecular formula is C20H23NO5S. The average molecular weight is 389 g/mol. The fraction of sp³-hybridized carbons (Fsp3) is 0.300. The highest BCUT2D eigenvalue weighted by molar-refractivity contribution is 7.86. The van der Waals surface area contributed by atoms with Gasteiger partial charge in [-0.25, -0.2) is 4.79 Å². The third-order valence-electron chi connectivity index (χ3n) is 3.79. The highest BCUT2D eigenvalue weighted by atomic mass is 32.2. The van der Waals surface area contributed by atoms with Gasteiger partial charge in [0, 0.05) is 5.56 Å². The van der Waals surface area contributed by atoms with Crippen molar-refractivity contribution in [1.82, 2.24) is 0 Å². The number of oxime groups is 1. The maximum Gasteiger partial charge on any atom is 0.361 e. The number of ether oxygens (including phenoxy) is 1. The van der Waals surface area contributed by atoms with Crippen molar-refractivity contribution in [3.05, 3.63) is 65.2 Å². The van der Waals surface area contributed by atoms with Crippen molar-refractivity contribution >= 4 is 21.8 Å². The lowest BCUT2D eigenvalue weighted by Crippen LogP contribution is -2.20. The Kier molecular flexibility index (Phi) is 7.12. The smallest absolute Gasteiger partial charge is 0.361 e. The van der Waals surface area contributed by atoms with Crippen LogP contribution in [0.15, 0.2) is 58.6 Å². The van der Waals surface area contributed by atoms with E-state index in [1.54, 1.807) is 36.4 Å². The van der Waals surface area contributed by atoms with Gasteiger partial charge in [0.1, 0.15) is 4.90 Å². The highest BCUT2D eigenvalue weighted by Crippen LogP contribution is 2.15. The van der Waals surface area contributed by atoms with E-state index in [0.29, 0.717) is 12.0 Å². The second kappa shape index (κ2) is 9.32. The molecule has 0 aliphatic rings. The first-order valence-corrected chi connectivity index (χ1v) is 10.1. The van der Waals surface area contributed by atoms with Gasteiger partial charge >= 0.3 is 16.1 Å². The third kappa shape index (κ3) is 5.92. The van der Waals surface area contributed by atoms with Gasteiger partial charge in [-0.05, 0) is 32.4 Å². The number of carbonyl (C=O) groups is 1. The van der Waals surface area contributed by atoms with Gasteiger partial charge in [-0.15, -0.1) is 0 Å². The van der Waals surface area contributed by atoms with E-state index in [-0.39, 0.29) is 17.2 Å². The Labute approximate surface area is 159 Å². The molecular weight excluding hydrogens is 366 g/mol. The summed E-state index contributed by atoms with van der Waals surface area (Å²) in [6.45, 7) is 5.95. The largest absolute Gasteiger partial charge is 0.461 e. The molecule has 0 amide bonds. The lowest BCUT2D eigenvalue weighted by molar-refractivity contribution is -0.135. The lowest BCUT2D eigenvalue weighted by Gasteiger charge is -2.08. The Morgan fingerprint density at radius 1 is 0.963 bits per heavy atom. The van der Waals surface area contributed by atoms with Crippen molar-refractivity contribution in [3.8, 4) is 0 Å². The summed E-state index contributed by atoms with van der Waals surface area (Å²) in [6, 6.07) is 13.1. The molecule has 0 radical (unpaired) electrons. The predicted octanol–water partition coefficient (Wildman–Crippen LogP) is 3.76. The topological polar surface area (TPSA) is 82.0 Å². The van der Waals surface area contributed by atoms with E-state index >= 15 is 0 Å². The van der Waals surface area contributed by atoms with Crippen molar-refractivity contribution in [2.45, 2.75) is 38.5 Å². The maximum atomic E-state index is 12.4. The van der Waals surface area contributed by atoms with Crippen molar-refractivity contribution < 1.29 is 22.2 Å². The van der Waals surface area contributed by atoms with E-state index in [1.807, 2.05) is 20.8 Å². The highest BCUT2D eigenvalue weighted by Gasteiger charge is 2.21. The molecule has 6 nitrogen and oxygen atoms in total. The van der Waals surface area contributed by atoms with Gasteiger partial charge < -0.3 is 4.74 Å². The van der Waals surface area contributed by atoms with Crippen LogP contribution in [-0.4, -0.2) is 26.7 Å². The summed E-state index contributed by atoms with van der Waals surface area (Å²) >= 11 is 0. The molecule has 0 aromatic heterocycles. The van der Waals surface area contributed by atoms with Crippen LogP contribution in [0, 0.1) is 13.8 Å². The zero-order chi connectivity index (χ0) is 19.9. The number of carbonyl (C=O) groups excluding carboxylic acids is 1. The molecule has 0 heterocycles. The summed E-state index contributed by atoms with van der Waals surface area (Å²) in [4.78, 5) is 12.3. The first kappa shape index (κ1) is 20.6. The number of rotatable bonds is 8. The summed E-state index contributed by atoms with van der Waals surface area (Å²) in [7, 11) is -4.14. The number of aryl methyl sites for hydroxylation is 2. The summed E-state index contributed by atoms with van der Waals surface area (Å²) in [5.41, 5.74) is 2.13. The molecule has 0 bridgehead atoms. The quantitative estimate of drug-likeness (QED) is 0.297. The summed E-state index contributed by atoms with van der Waals surface area (Å²) in [5.74, 6) is -0.730. The van der Waals surface area contributed by atoms with Crippen LogP contribution in [0.1, 0.15) is 36.5 Å². The third-order valence-corrected chi connectivity index (χ3v) is 4.91. The van der Waals surface area contributed by atoms with Gasteiger partial charge in [0.05, 0.1) is 6.61 Å². The van der Waals surface area contributed by atoms with Crippen LogP contribution in [0.25, 0.3) is 0 Å². The Bertz CT molecular complexity index is 900. The molecule has 2 aromatic carbocycles. The SMILES string of the molecule is CCCCOC(=O)/C(=N/OS(=O)(=O)c1ccc(C)cc1)c1ccc(C)cc1. The average Bonchev–Trinajstić information content (AvgIpc) is 2.64. The number of unbranched alkanes of at least 4 members (excludes halogenated alkanes) is 1. The van der Waals surface area contributed by atoms with E-state index < -0.39 is 16.1 Å². The van der Waals surface area contributed by atoms with Crippen LogP contribution in [-0.2, 0) is 23.9 Å². The molecule has 0 saturated carbocycles. The Morgan fingerprint density at radius 3 is 2.07 bits per heavy atom. The molecule has 0 saturated heterocycles. The van der Waals surface area contributed by atoms with E-state index in [4.69, 9.17) is 9.02 Å². The van der Waals surface area contributed by atoms with E-state index in [9.17, 15) is 13.2 Å². The second-order valence-corrected chi connectivity index (χ2v) is 7.67. The first-order valence-electron chi connectivity index (χ1n) is 8.66. The molecule has 0 N–H and O–H groups in total. The number of hydrogen-bond donors (Lipinski definition) is 0. The number of nitrogens with zero attached hydrogens (tertiary/aromatic N) is 1. The van der Waals surface area contributed by atoms with E-state index in [1.165, 1.54) is 12.1 Å². The van der Waals surface area contributed by atoms with Gasteiger partial charge in [-0.1, -0.05) is 66.0 Å². The van der Waals surface area contributed by atoms with Gasteiger partial charge in [0.2, 0.25) is 0 Å². The Hall–Kier alpha value is -2.67. The van der Waals surface area contributed by atoms with Crippen molar-refractivity contribution in [2.24, 2.45) is 5.16 Å². The zero-order valence-corrected chi connectivity index (χ0v) is 16.5. The number of esters is 1. The Balaban J connectivity index is 2.29. The predicted molar refractivity (Wildman–Crippen MR) is 103 cm³/mol. The standard InChI is InChI=1S/C20H23NO5S/c1-4-5-14-25-20(22)19(17-10-6-15(2)7-11-17)21-26-27(23,24)18-12-8-16(3)9-13-18/h6-13H,4-5,14H2,1-3H3/b21-19+. The van der Waals surface area contributed by atoms with Crippen molar-refractivity contribution in [3.63, 3.8) is 0 Å². The maximum absolute atomic E-state index is 12.4. The molecule has 27 heavy (non-hydrogen) atoms. The van der Waals surface area contributed by atoms with Crippen LogP contribution in [0.3, 0.4) is 0 Å². The molecule has 0 unspecified atom stereocenters. The lowest BCUT2D eigenvalue weighted by atomic mass is 10.1. The minimum Gasteiger partial charge on any atom is -0.461 e. The fourth-order valence-electron chi connectivity index (χ4n) is 2.13. The molecule has 0 fully saturated rings. The van der Waals surface area contributed by atoms with Gasteiger partial charge in [-0.3, -0.25) is 4.28 Å². The van der Waals surface area contributed by atoms with Crippen LogP contribution >= 0.6 is 0 Å². The van der Waals surface area contributed by atoms with Crippen LogP contribution in [0.4, 0.5) is 0 Å². The van der Waals surface area contributed by atoms with Crippen LogP contribution in [0.5, 0.6) is 0 Å². The summed E-state index contributed by atoms with van der Waals surface area (Å²) < 4.78 is 34.6. The summed E-state index contributed by atoms with van der Waals surface area (Å²) in [6.07, 6.45) is 1.57. The number of benzene rings is 2. The van der Waals surface area contributed by atoms with Crippen molar-refractivity contribution in [1.29, 1.82) is 0 Å². The molecule has 0 aliphatic heterocycles. The summed E-state index contributed by atoms with van der Waals surface area (Å²) in [5, 5.41) is 3.63. The molecule has 7 heteroatoms. The second-order valence-electron chi connectivity index (χ2n) is 6.14. The zero-order valence-electron chi connectivity index (χ0n) is 15.6. The fourth-order valence-corrected chi connectivity index (χ4v) is 2.86. The van der Waals surface area contributed by atoms with Gasteiger partial charge in [0.25, 0.3) is 0 Å². The van der Waals surface area contributed by atoms with Crippen LogP contribution < -0.4 is 0 Å². The molecule has 2 aromatic rings. The molecule has 0 spiro atoms. The molecule has 0 aliphatic carbocycles. The number of hydrogen-bond acceptors (Lipinski definition) is 6. The molecule has 2 rings (SSSR count). The van der Waals surface area contributed by atoms with E-state index in [0.717, 1.165) is 17.5 Å². The molecule has 0 atom stereocenters. The normalized spacial score (nSPS) is 11.9. The minimum absolute atomic E-state index is 0.0422. The van der Waals surface area contributed by atoms with Crippen molar-refractivity contribution in [2.75, 3.05) is 6.61 Å². The monoisotopic (exact) mass is 389 g/mol. The van der Waals surface area contributed by atoms with Crippen LogP contribution in [0.2, 0.25) is 0 Å². The van der Waals surface area contributed by atoms with Gasteiger partial charge in [-0.2, -0.15) is 8.42 Å². The molecule has 144 valence electrons. The van der Waals surface area contributed by atoms with E-state index in [2.05, 4.69) is 5.16 Å². The first-order chi connectivity index (χ1) is 12.8. The Morgan fingerprint density at radius 2 is 1.52 bits per heavy atom. The minimum atomic E-state index is -4.14. The van der Waals surface area contributed by atoms with Gasteiger partial charge in [0.15, 0.2) is 5.71 Å².